The van der Waals surface area contributed by atoms with Gasteiger partial charge in [-0.1, -0.05) is 24.6 Å². The molecule has 0 amide bonds. The summed E-state index contributed by atoms with van der Waals surface area (Å²) in [6.45, 7) is 0.859. The third kappa shape index (κ3) is 3.59. The quantitative estimate of drug-likeness (QED) is 0.529. The average molecular weight is 275 g/mol. The molecule has 0 bridgehead atoms. The highest BCUT2D eigenvalue weighted by Gasteiger charge is 2.15. The zero-order valence-electron chi connectivity index (χ0n) is 11.5. The Bertz CT molecular complexity index is 565. The van der Waals surface area contributed by atoms with Crippen LogP contribution in [0.4, 0.5) is 0 Å². The van der Waals surface area contributed by atoms with E-state index in [4.69, 9.17) is 16.2 Å². The van der Waals surface area contributed by atoms with E-state index in [0.717, 1.165) is 29.3 Å². The van der Waals surface area contributed by atoms with Crippen molar-refractivity contribution in [2.45, 2.75) is 31.9 Å². The average Bonchev–Trinajstić information content (AvgIpc) is 2.93. The summed E-state index contributed by atoms with van der Waals surface area (Å²) in [5.74, 6) is -0.356. The summed E-state index contributed by atoms with van der Waals surface area (Å²) in [6.07, 6.45) is 4.21. The predicted octanol–water partition coefficient (Wildman–Crippen LogP) is 1.67. The van der Waals surface area contributed by atoms with E-state index >= 15 is 0 Å². The largest absolute Gasteiger partial charge is 0.460 e. The molecule has 0 aliphatic heterocycles. The Morgan fingerprint density at radius 3 is 2.95 bits per heavy atom. The molecule has 0 saturated heterocycles. The number of carbonyl (C=O) groups excluding carboxylic acids is 1. The molecule has 5 heteroatoms. The highest BCUT2D eigenvalue weighted by Crippen LogP contribution is 2.17. The number of fused-ring (bicyclic) bond motifs is 1. The second-order valence-corrected chi connectivity index (χ2v) is 4.86. The van der Waals surface area contributed by atoms with Gasteiger partial charge in [-0.15, -0.1) is 0 Å². The van der Waals surface area contributed by atoms with E-state index < -0.39 is 6.04 Å². The first-order valence-corrected chi connectivity index (χ1v) is 6.89. The van der Waals surface area contributed by atoms with Crippen LogP contribution in [0.5, 0.6) is 0 Å². The first-order valence-electron chi connectivity index (χ1n) is 6.89. The first-order chi connectivity index (χ1) is 9.72. The lowest BCUT2D eigenvalue weighted by atomic mass is 10.1. The molecule has 0 aliphatic carbocycles. The number of aromatic nitrogens is 1. The minimum absolute atomic E-state index is 0.237. The number of hydrogen-bond acceptors (Lipinski definition) is 4. The Morgan fingerprint density at radius 1 is 1.30 bits per heavy atom. The topological polar surface area (TPSA) is 94.1 Å². The maximum Gasteiger partial charge on any atom is 0.323 e. The van der Waals surface area contributed by atoms with Gasteiger partial charge in [-0.3, -0.25) is 4.79 Å². The van der Waals surface area contributed by atoms with Crippen LogP contribution in [0.3, 0.4) is 0 Å². The highest BCUT2D eigenvalue weighted by molar-refractivity contribution is 5.82. The first kappa shape index (κ1) is 14.6. The van der Waals surface area contributed by atoms with Crippen LogP contribution in [-0.4, -0.2) is 23.5 Å². The molecule has 1 atom stereocenters. The van der Waals surface area contributed by atoms with E-state index in [1.165, 1.54) is 0 Å². The van der Waals surface area contributed by atoms with Crippen molar-refractivity contribution in [1.29, 1.82) is 0 Å². The van der Waals surface area contributed by atoms with Crippen molar-refractivity contribution in [2.24, 2.45) is 11.5 Å². The summed E-state index contributed by atoms with van der Waals surface area (Å²) >= 11 is 0. The van der Waals surface area contributed by atoms with Gasteiger partial charge in [0.25, 0.3) is 0 Å². The van der Waals surface area contributed by atoms with Gasteiger partial charge in [0.05, 0.1) is 5.52 Å². The summed E-state index contributed by atoms with van der Waals surface area (Å²) in [6, 6.07) is 7.31. The van der Waals surface area contributed by atoms with Gasteiger partial charge in [0.15, 0.2) is 0 Å². The molecule has 0 aliphatic rings. The predicted molar refractivity (Wildman–Crippen MR) is 79.0 cm³/mol. The lowest BCUT2D eigenvalue weighted by Gasteiger charge is -2.11. The summed E-state index contributed by atoms with van der Waals surface area (Å²) in [7, 11) is 0. The number of H-pyrrole nitrogens is 1. The van der Waals surface area contributed by atoms with Gasteiger partial charge in [-0.05, 0) is 30.8 Å². The summed E-state index contributed by atoms with van der Waals surface area (Å²) in [5, 5.41) is 1.10. The van der Waals surface area contributed by atoms with Gasteiger partial charge in [0, 0.05) is 11.8 Å². The molecule has 0 radical (unpaired) electrons. The van der Waals surface area contributed by atoms with Gasteiger partial charge in [-0.2, -0.15) is 0 Å². The van der Waals surface area contributed by atoms with Crippen LogP contribution < -0.4 is 11.5 Å². The van der Waals surface area contributed by atoms with Crippen molar-refractivity contribution < 1.29 is 9.53 Å². The van der Waals surface area contributed by atoms with E-state index in [0.29, 0.717) is 13.0 Å². The Balaban J connectivity index is 1.88. The minimum atomic E-state index is -0.565. The molecule has 0 spiro atoms. The minimum Gasteiger partial charge on any atom is -0.460 e. The number of hydrogen-bond donors (Lipinski definition) is 3. The van der Waals surface area contributed by atoms with E-state index in [1.807, 2.05) is 30.5 Å². The molecule has 0 fully saturated rings. The Morgan fingerprint density at radius 2 is 2.15 bits per heavy atom. The van der Waals surface area contributed by atoms with Crippen LogP contribution in [0, 0.1) is 0 Å². The van der Waals surface area contributed by atoms with Crippen LogP contribution in [-0.2, 0) is 16.1 Å². The molecule has 2 rings (SSSR count). The standard InChI is InChI=1S/C15H21N3O2/c16-8-2-1-6-13(17)15(19)20-10-12-5-3-4-11-7-9-18-14(11)12/h3-5,7,9,13,18H,1-2,6,8,10,16-17H2/t13-/m0/s1. The number of unbranched alkanes of at least 4 members (excludes halogenated alkanes) is 1. The molecular formula is C15H21N3O2. The molecule has 1 heterocycles. The van der Waals surface area contributed by atoms with E-state index in [9.17, 15) is 4.79 Å². The van der Waals surface area contributed by atoms with Gasteiger partial charge >= 0.3 is 5.97 Å². The Labute approximate surface area is 118 Å². The lowest BCUT2D eigenvalue weighted by molar-refractivity contribution is -0.146. The number of benzene rings is 1. The molecule has 20 heavy (non-hydrogen) atoms. The van der Waals surface area contributed by atoms with Gasteiger partial charge in [0.2, 0.25) is 0 Å². The summed E-state index contributed by atoms with van der Waals surface area (Å²) in [4.78, 5) is 14.9. The van der Waals surface area contributed by atoms with Crippen molar-refractivity contribution in [3.63, 3.8) is 0 Å². The molecule has 5 nitrogen and oxygen atoms in total. The molecule has 2 aromatic rings. The monoisotopic (exact) mass is 275 g/mol. The van der Waals surface area contributed by atoms with Crippen molar-refractivity contribution in [3.8, 4) is 0 Å². The number of carbonyl (C=O) groups is 1. The van der Waals surface area contributed by atoms with Crippen molar-refractivity contribution >= 4 is 16.9 Å². The highest BCUT2D eigenvalue weighted by atomic mass is 16.5. The summed E-state index contributed by atoms with van der Waals surface area (Å²) < 4.78 is 5.28. The van der Waals surface area contributed by atoms with Crippen LogP contribution in [0.25, 0.3) is 10.9 Å². The molecular weight excluding hydrogens is 254 g/mol. The second kappa shape index (κ2) is 7.07. The fraction of sp³-hybridized carbons (Fsp3) is 0.400. The zero-order valence-corrected chi connectivity index (χ0v) is 11.5. The third-order valence-electron chi connectivity index (χ3n) is 3.32. The maximum atomic E-state index is 11.8. The van der Waals surface area contributed by atoms with Crippen molar-refractivity contribution in [2.75, 3.05) is 6.54 Å². The number of aromatic amines is 1. The fourth-order valence-corrected chi connectivity index (χ4v) is 2.15. The van der Waals surface area contributed by atoms with Crippen LogP contribution >= 0.6 is 0 Å². The normalized spacial score (nSPS) is 12.5. The SMILES string of the molecule is NCCCC[C@H](N)C(=O)OCc1cccc2cc[nH]c12. The molecule has 1 aromatic carbocycles. The van der Waals surface area contributed by atoms with Gasteiger partial charge in [-0.25, -0.2) is 0 Å². The number of ether oxygens (including phenoxy) is 1. The molecule has 1 aromatic heterocycles. The molecule has 0 unspecified atom stereocenters. The lowest BCUT2D eigenvalue weighted by Crippen LogP contribution is -2.32. The molecule has 5 N–H and O–H groups in total. The van der Waals surface area contributed by atoms with Crippen molar-refractivity contribution in [1.82, 2.24) is 4.98 Å². The van der Waals surface area contributed by atoms with Gasteiger partial charge < -0.3 is 21.2 Å². The maximum absolute atomic E-state index is 11.8. The van der Waals surface area contributed by atoms with E-state index in [-0.39, 0.29) is 12.6 Å². The second-order valence-electron chi connectivity index (χ2n) is 4.86. The summed E-state index contributed by atoms with van der Waals surface area (Å²) in [5.41, 5.74) is 13.2. The van der Waals surface area contributed by atoms with E-state index in [2.05, 4.69) is 4.98 Å². The number of para-hydroxylation sites is 1. The third-order valence-corrected chi connectivity index (χ3v) is 3.32. The van der Waals surface area contributed by atoms with E-state index in [1.54, 1.807) is 0 Å². The number of nitrogens with one attached hydrogen (secondary N) is 1. The van der Waals surface area contributed by atoms with Crippen molar-refractivity contribution in [3.05, 3.63) is 36.0 Å². The smallest absolute Gasteiger partial charge is 0.323 e. The molecule has 108 valence electrons. The Hall–Kier alpha value is -1.85. The zero-order chi connectivity index (χ0) is 14.4. The van der Waals surface area contributed by atoms with Crippen LogP contribution in [0.15, 0.2) is 30.5 Å². The molecule has 0 saturated carbocycles. The number of nitrogens with two attached hydrogens (primary N) is 2. The van der Waals surface area contributed by atoms with Crippen LogP contribution in [0.1, 0.15) is 24.8 Å². The van der Waals surface area contributed by atoms with Crippen LogP contribution in [0.2, 0.25) is 0 Å². The Kier molecular flexibility index (Phi) is 5.15. The number of rotatable bonds is 7. The fourth-order valence-electron chi connectivity index (χ4n) is 2.15. The van der Waals surface area contributed by atoms with Gasteiger partial charge in [0.1, 0.15) is 12.6 Å². The number of esters is 1.